The maximum Gasteiger partial charge on any atom is 0.390 e. The third-order valence-corrected chi connectivity index (χ3v) is 3.23. The Hall–Kier alpha value is -0.330. The molecule has 0 rings (SSSR count). The molecular weight excluding hydrogens is 257 g/mol. The highest BCUT2D eigenvalue weighted by Crippen LogP contribution is 2.21. The highest BCUT2D eigenvalue weighted by Gasteiger charge is 2.31. The number of halogens is 3. The average Bonchev–Trinajstić information content (AvgIpc) is 2.23. The largest absolute Gasteiger partial charge is 0.394 e. The molecule has 0 amide bonds. The highest BCUT2D eigenvalue weighted by molar-refractivity contribution is 4.88. The number of hydrogen-bond donors (Lipinski definition) is 2. The number of rotatable bonds is 8. The molecule has 6 heteroatoms. The molecular formula is C13H27F3N2O. The fourth-order valence-electron chi connectivity index (χ4n) is 2.20. The van der Waals surface area contributed by atoms with Gasteiger partial charge in [0.05, 0.1) is 13.0 Å². The molecule has 0 aromatic heterocycles. The van der Waals surface area contributed by atoms with Gasteiger partial charge in [-0.25, -0.2) is 0 Å². The Morgan fingerprint density at radius 3 is 2.11 bits per heavy atom. The Kier molecular flexibility index (Phi) is 7.32. The van der Waals surface area contributed by atoms with E-state index in [4.69, 9.17) is 0 Å². The van der Waals surface area contributed by atoms with Crippen molar-refractivity contribution < 1.29 is 18.3 Å². The molecule has 0 aliphatic heterocycles. The number of aliphatic hydroxyl groups is 1. The van der Waals surface area contributed by atoms with Gasteiger partial charge in [-0.05, 0) is 27.3 Å². The van der Waals surface area contributed by atoms with Crippen molar-refractivity contribution >= 4 is 0 Å². The third kappa shape index (κ3) is 8.44. The third-order valence-electron chi connectivity index (χ3n) is 3.23. The van der Waals surface area contributed by atoms with E-state index < -0.39 is 18.1 Å². The monoisotopic (exact) mass is 284 g/mol. The lowest BCUT2D eigenvalue weighted by Gasteiger charge is -2.36. The van der Waals surface area contributed by atoms with E-state index in [1.165, 1.54) is 0 Å². The van der Waals surface area contributed by atoms with Crippen LogP contribution in [0.4, 0.5) is 13.2 Å². The van der Waals surface area contributed by atoms with Crippen LogP contribution in [0.2, 0.25) is 0 Å². The summed E-state index contributed by atoms with van der Waals surface area (Å²) in [5.41, 5.74) is -0.472. The Morgan fingerprint density at radius 1 is 1.21 bits per heavy atom. The van der Waals surface area contributed by atoms with Crippen molar-refractivity contribution in [2.24, 2.45) is 0 Å². The molecule has 19 heavy (non-hydrogen) atoms. The van der Waals surface area contributed by atoms with Gasteiger partial charge < -0.3 is 15.3 Å². The summed E-state index contributed by atoms with van der Waals surface area (Å²) in [5.74, 6) is 0. The minimum Gasteiger partial charge on any atom is -0.394 e. The van der Waals surface area contributed by atoms with Crippen LogP contribution >= 0.6 is 0 Å². The van der Waals surface area contributed by atoms with Crippen LogP contribution in [0.3, 0.4) is 0 Å². The van der Waals surface area contributed by atoms with Crippen molar-refractivity contribution in [3.05, 3.63) is 0 Å². The fraction of sp³-hybridized carbons (Fsp3) is 1.00. The first kappa shape index (κ1) is 18.7. The summed E-state index contributed by atoms with van der Waals surface area (Å²) in [7, 11) is 1.68. The minimum atomic E-state index is -4.12. The van der Waals surface area contributed by atoms with E-state index in [0.29, 0.717) is 6.42 Å². The van der Waals surface area contributed by atoms with Crippen LogP contribution in [0.25, 0.3) is 0 Å². The Balaban J connectivity index is 4.36. The van der Waals surface area contributed by atoms with E-state index in [9.17, 15) is 18.3 Å². The van der Waals surface area contributed by atoms with Gasteiger partial charge in [0.25, 0.3) is 0 Å². The molecule has 0 saturated heterocycles. The molecule has 2 atom stereocenters. The van der Waals surface area contributed by atoms with E-state index in [0.717, 1.165) is 0 Å². The molecule has 0 spiro atoms. The Bertz CT molecular complexity index is 259. The molecule has 0 radical (unpaired) electrons. The molecule has 2 N–H and O–H groups in total. The normalized spacial score (nSPS) is 17.8. The number of nitrogens with zero attached hydrogens (tertiary/aromatic N) is 1. The zero-order chi connectivity index (χ0) is 15.3. The van der Waals surface area contributed by atoms with Crippen molar-refractivity contribution in [2.75, 3.05) is 20.2 Å². The Labute approximate surface area is 114 Å². The summed E-state index contributed by atoms with van der Waals surface area (Å²) < 4.78 is 36.5. The molecule has 0 aromatic rings. The molecule has 3 nitrogen and oxygen atoms in total. The molecule has 0 fully saturated rings. The second-order valence-electron chi connectivity index (χ2n) is 5.92. The number of nitrogens with one attached hydrogen (secondary N) is 1. The van der Waals surface area contributed by atoms with Gasteiger partial charge >= 0.3 is 6.18 Å². The number of alkyl halides is 3. The van der Waals surface area contributed by atoms with E-state index >= 15 is 0 Å². The van der Waals surface area contributed by atoms with Gasteiger partial charge in [0.2, 0.25) is 0 Å². The molecule has 0 aliphatic rings. The molecule has 0 saturated carbocycles. The first-order valence-electron chi connectivity index (χ1n) is 6.64. The van der Waals surface area contributed by atoms with Crippen molar-refractivity contribution in [3.8, 4) is 0 Å². The summed E-state index contributed by atoms with van der Waals surface area (Å²) in [6.45, 7) is 7.67. The van der Waals surface area contributed by atoms with Crippen LogP contribution in [-0.2, 0) is 0 Å². The van der Waals surface area contributed by atoms with Gasteiger partial charge in [0, 0.05) is 24.2 Å². The molecule has 2 unspecified atom stereocenters. The SMILES string of the molecule is CC(C)NC(C)(CO)CC(C)N(C)CCC(F)(F)F. The number of hydrogen-bond acceptors (Lipinski definition) is 3. The van der Waals surface area contributed by atoms with Gasteiger partial charge in [-0.1, -0.05) is 13.8 Å². The maximum atomic E-state index is 12.2. The van der Waals surface area contributed by atoms with Crippen LogP contribution in [-0.4, -0.2) is 54.0 Å². The first-order chi connectivity index (χ1) is 8.49. The molecule has 0 aliphatic carbocycles. The summed E-state index contributed by atoms with van der Waals surface area (Å²) in [4.78, 5) is 1.68. The summed E-state index contributed by atoms with van der Waals surface area (Å²) in [5, 5.41) is 12.7. The minimum absolute atomic E-state index is 0.0200. The Morgan fingerprint density at radius 2 is 1.74 bits per heavy atom. The average molecular weight is 284 g/mol. The van der Waals surface area contributed by atoms with Crippen LogP contribution < -0.4 is 5.32 Å². The van der Waals surface area contributed by atoms with E-state index in [-0.39, 0.29) is 25.2 Å². The second-order valence-corrected chi connectivity index (χ2v) is 5.92. The summed E-state index contributed by atoms with van der Waals surface area (Å²) in [6.07, 6.45) is -4.33. The maximum absolute atomic E-state index is 12.2. The lowest BCUT2D eigenvalue weighted by Crippen LogP contribution is -2.52. The van der Waals surface area contributed by atoms with Crippen LogP contribution in [0, 0.1) is 0 Å². The van der Waals surface area contributed by atoms with Gasteiger partial charge in [-0.3, -0.25) is 0 Å². The van der Waals surface area contributed by atoms with Crippen molar-refractivity contribution in [3.63, 3.8) is 0 Å². The van der Waals surface area contributed by atoms with Crippen molar-refractivity contribution in [1.29, 1.82) is 0 Å². The van der Waals surface area contributed by atoms with Gasteiger partial charge in [0.15, 0.2) is 0 Å². The fourth-order valence-corrected chi connectivity index (χ4v) is 2.20. The highest BCUT2D eigenvalue weighted by atomic mass is 19.4. The number of aliphatic hydroxyl groups excluding tert-OH is 1. The lowest BCUT2D eigenvalue weighted by atomic mass is 9.93. The van der Waals surface area contributed by atoms with Crippen LogP contribution in [0.5, 0.6) is 0 Å². The van der Waals surface area contributed by atoms with Crippen LogP contribution in [0.1, 0.15) is 40.5 Å². The quantitative estimate of drug-likeness (QED) is 0.718. The molecule has 0 bridgehead atoms. The molecule has 0 heterocycles. The predicted molar refractivity (Wildman–Crippen MR) is 71.1 cm³/mol. The van der Waals surface area contributed by atoms with Crippen molar-refractivity contribution in [2.45, 2.75) is 64.3 Å². The lowest BCUT2D eigenvalue weighted by molar-refractivity contribution is -0.138. The van der Waals surface area contributed by atoms with Crippen LogP contribution in [0.15, 0.2) is 0 Å². The topological polar surface area (TPSA) is 35.5 Å². The van der Waals surface area contributed by atoms with Crippen molar-refractivity contribution in [1.82, 2.24) is 10.2 Å². The standard InChI is InChI=1S/C13H27F3N2O/c1-10(2)17-12(4,9-19)8-11(3)18(5)7-6-13(14,15)16/h10-11,17,19H,6-9H2,1-5H3. The van der Waals surface area contributed by atoms with Gasteiger partial charge in [0.1, 0.15) is 0 Å². The molecule has 0 aromatic carbocycles. The summed E-state index contributed by atoms with van der Waals surface area (Å²) >= 11 is 0. The zero-order valence-corrected chi connectivity index (χ0v) is 12.5. The van der Waals surface area contributed by atoms with Gasteiger partial charge in [-0.2, -0.15) is 13.2 Å². The predicted octanol–water partition coefficient (Wildman–Crippen LogP) is 2.40. The second kappa shape index (κ2) is 7.45. The van der Waals surface area contributed by atoms with E-state index in [2.05, 4.69) is 5.32 Å². The molecule has 116 valence electrons. The smallest absolute Gasteiger partial charge is 0.390 e. The summed E-state index contributed by atoms with van der Waals surface area (Å²) in [6, 6.07) is 0.176. The van der Waals surface area contributed by atoms with E-state index in [1.807, 2.05) is 27.7 Å². The first-order valence-corrected chi connectivity index (χ1v) is 6.64. The zero-order valence-electron chi connectivity index (χ0n) is 12.5. The van der Waals surface area contributed by atoms with Gasteiger partial charge in [-0.15, -0.1) is 0 Å². The van der Waals surface area contributed by atoms with E-state index in [1.54, 1.807) is 11.9 Å².